The van der Waals surface area contributed by atoms with E-state index >= 15 is 0 Å². The van der Waals surface area contributed by atoms with Crippen molar-refractivity contribution in [2.45, 2.75) is 27.7 Å². The van der Waals surface area contributed by atoms with Crippen LogP contribution in [0.4, 0.5) is 11.6 Å². The van der Waals surface area contributed by atoms with E-state index < -0.39 is 0 Å². The van der Waals surface area contributed by atoms with Gasteiger partial charge in [-0.15, -0.1) is 0 Å². The minimum atomic E-state index is 0.0911. The zero-order valence-corrected chi connectivity index (χ0v) is 11.0. The summed E-state index contributed by atoms with van der Waals surface area (Å²) in [5.74, 6) is 2.26. The molecule has 1 heterocycles. The van der Waals surface area contributed by atoms with Gasteiger partial charge in [0.05, 0.1) is 6.61 Å². The van der Waals surface area contributed by atoms with Crippen LogP contribution in [0, 0.1) is 12.3 Å². The maximum Gasteiger partial charge on any atom is 0.131 e. The van der Waals surface area contributed by atoms with Gasteiger partial charge < -0.3 is 15.7 Å². The Morgan fingerprint density at radius 2 is 1.76 bits per heavy atom. The lowest BCUT2D eigenvalue weighted by Crippen LogP contribution is -2.20. The van der Waals surface area contributed by atoms with Gasteiger partial charge in [-0.2, -0.15) is 0 Å². The molecule has 0 saturated carbocycles. The number of aliphatic hydroxyl groups excluding tert-OH is 1. The predicted octanol–water partition coefficient (Wildman–Crippen LogP) is 1.65. The topological polar surface area (TPSA) is 70.1 Å². The van der Waals surface area contributed by atoms with E-state index in [0.717, 1.165) is 18.2 Å². The molecule has 0 amide bonds. The molecule has 0 fully saturated rings. The summed E-state index contributed by atoms with van der Waals surface area (Å²) in [6.45, 7) is 9.79. The van der Waals surface area contributed by atoms with Crippen molar-refractivity contribution in [1.29, 1.82) is 0 Å². The van der Waals surface area contributed by atoms with E-state index in [0.29, 0.717) is 12.4 Å². The predicted molar refractivity (Wildman–Crippen MR) is 70.3 cm³/mol. The third-order valence-electron chi connectivity index (χ3n) is 2.06. The molecule has 5 nitrogen and oxygen atoms in total. The Morgan fingerprint density at radius 1 is 1.18 bits per heavy atom. The zero-order valence-electron chi connectivity index (χ0n) is 11.0. The van der Waals surface area contributed by atoms with Crippen molar-refractivity contribution < 1.29 is 5.11 Å². The van der Waals surface area contributed by atoms with Crippen LogP contribution < -0.4 is 10.6 Å². The van der Waals surface area contributed by atoms with E-state index in [9.17, 15) is 0 Å². The first-order valence-corrected chi connectivity index (χ1v) is 5.85. The van der Waals surface area contributed by atoms with Gasteiger partial charge in [-0.3, -0.25) is 0 Å². The fraction of sp³-hybridized carbons (Fsp3) is 0.667. The van der Waals surface area contributed by atoms with Gasteiger partial charge in [-0.1, -0.05) is 20.8 Å². The number of nitrogens with zero attached hydrogens (tertiary/aromatic N) is 2. The second kappa shape index (κ2) is 5.82. The third kappa shape index (κ3) is 5.49. The zero-order chi connectivity index (χ0) is 12.9. The molecule has 0 spiro atoms. The minimum Gasteiger partial charge on any atom is -0.395 e. The number of rotatable bonds is 5. The number of aromatic nitrogens is 2. The SMILES string of the molecule is Cc1nc(NCCO)cc(NCC(C)(C)C)n1. The lowest BCUT2D eigenvalue weighted by atomic mass is 9.97. The van der Waals surface area contributed by atoms with Crippen molar-refractivity contribution >= 4 is 11.6 Å². The summed E-state index contributed by atoms with van der Waals surface area (Å²) in [5, 5.41) is 15.1. The van der Waals surface area contributed by atoms with Gasteiger partial charge >= 0.3 is 0 Å². The Balaban J connectivity index is 2.68. The molecule has 0 radical (unpaired) electrons. The lowest BCUT2D eigenvalue weighted by molar-refractivity contribution is 0.311. The molecule has 1 aromatic heterocycles. The molecule has 0 aliphatic carbocycles. The number of anilines is 2. The van der Waals surface area contributed by atoms with E-state index in [4.69, 9.17) is 5.11 Å². The Morgan fingerprint density at radius 3 is 2.29 bits per heavy atom. The van der Waals surface area contributed by atoms with Crippen molar-refractivity contribution in [2.24, 2.45) is 5.41 Å². The van der Waals surface area contributed by atoms with Crippen LogP contribution in [0.15, 0.2) is 6.07 Å². The van der Waals surface area contributed by atoms with Crippen LogP contribution in [0.5, 0.6) is 0 Å². The highest BCUT2D eigenvalue weighted by Crippen LogP contribution is 2.16. The molecule has 0 aliphatic heterocycles. The van der Waals surface area contributed by atoms with Crippen LogP contribution in [0.25, 0.3) is 0 Å². The van der Waals surface area contributed by atoms with Crippen molar-refractivity contribution in [1.82, 2.24) is 9.97 Å². The summed E-state index contributed by atoms with van der Waals surface area (Å²) >= 11 is 0. The summed E-state index contributed by atoms with van der Waals surface area (Å²) < 4.78 is 0. The summed E-state index contributed by atoms with van der Waals surface area (Å²) in [6, 6.07) is 1.86. The molecule has 1 aromatic rings. The van der Waals surface area contributed by atoms with Gasteiger partial charge in [0.25, 0.3) is 0 Å². The van der Waals surface area contributed by atoms with Gasteiger partial charge in [0, 0.05) is 19.2 Å². The largest absolute Gasteiger partial charge is 0.395 e. The van der Waals surface area contributed by atoms with Crippen molar-refractivity contribution in [3.8, 4) is 0 Å². The maximum atomic E-state index is 8.75. The first-order chi connectivity index (χ1) is 7.90. The molecular weight excluding hydrogens is 216 g/mol. The minimum absolute atomic E-state index is 0.0911. The van der Waals surface area contributed by atoms with E-state index in [1.165, 1.54) is 0 Å². The van der Waals surface area contributed by atoms with E-state index in [-0.39, 0.29) is 12.0 Å². The van der Waals surface area contributed by atoms with Crippen LogP contribution in [-0.2, 0) is 0 Å². The van der Waals surface area contributed by atoms with E-state index in [1.807, 2.05) is 13.0 Å². The van der Waals surface area contributed by atoms with Gasteiger partial charge in [0.15, 0.2) is 0 Å². The van der Waals surface area contributed by atoms with Crippen LogP contribution in [0.3, 0.4) is 0 Å². The van der Waals surface area contributed by atoms with Gasteiger partial charge in [0.1, 0.15) is 17.5 Å². The first-order valence-electron chi connectivity index (χ1n) is 5.85. The molecule has 96 valence electrons. The third-order valence-corrected chi connectivity index (χ3v) is 2.06. The van der Waals surface area contributed by atoms with Crippen molar-refractivity contribution in [3.05, 3.63) is 11.9 Å². The van der Waals surface area contributed by atoms with Crippen LogP contribution >= 0.6 is 0 Å². The molecule has 1 rings (SSSR count). The maximum absolute atomic E-state index is 8.75. The monoisotopic (exact) mass is 238 g/mol. The average molecular weight is 238 g/mol. The summed E-state index contributed by atoms with van der Waals surface area (Å²) in [4.78, 5) is 8.56. The molecule has 0 unspecified atom stereocenters. The number of hydrogen-bond donors (Lipinski definition) is 3. The number of aliphatic hydroxyl groups is 1. The highest BCUT2D eigenvalue weighted by Gasteiger charge is 2.10. The second-order valence-electron chi connectivity index (χ2n) is 5.25. The molecule has 0 bridgehead atoms. The summed E-state index contributed by atoms with van der Waals surface area (Å²) in [7, 11) is 0. The molecule has 0 aliphatic rings. The summed E-state index contributed by atoms with van der Waals surface area (Å²) in [6.07, 6.45) is 0. The molecule has 0 saturated heterocycles. The van der Waals surface area contributed by atoms with Gasteiger partial charge in [-0.05, 0) is 12.3 Å². The Bertz CT molecular complexity index is 360. The lowest BCUT2D eigenvalue weighted by Gasteiger charge is -2.19. The number of aryl methyl sites for hydroxylation is 1. The standard InChI is InChI=1S/C12H22N4O/c1-9-15-10(13-5-6-17)7-11(16-9)14-8-12(2,3)4/h7,17H,5-6,8H2,1-4H3,(H2,13,14,15,16). The quantitative estimate of drug-likeness (QED) is 0.727. The Labute approximate surface area is 103 Å². The number of nitrogens with one attached hydrogen (secondary N) is 2. The normalized spacial score (nSPS) is 11.4. The molecule has 3 N–H and O–H groups in total. The Kier molecular flexibility index (Phi) is 4.69. The van der Waals surface area contributed by atoms with Gasteiger partial charge in [-0.25, -0.2) is 9.97 Å². The second-order valence-corrected chi connectivity index (χ2v) is 5.25. The fourth-order valence-electron chi connectivity index (χ4n) is 1.29. The molecule has 5 heteroatoms. The number of hydrogen-bond acceptors (Lipinski definition) is 5. The van der Waals surface area contributed by atoms with Crippen molar-refractivity contribution in [2.75, 3.05) is 30.3 Å². The highest BCUT2D eigenvalue weighted by atomic mass is 16.3. The summed E-state index contributed by atoms with van der Waals surface area (Å²) in [5.41, 5.74) is 0.206. The van der Waals surface area contributed by atoms with Crippen LogP contribution in [0.2, 0.25) is 0 Å². The first kappa shape index (κ1) is 13.7. The van der Waals surface area contributed by atoms with Gasteiger partial charge in [0.2, 0.25) is 0 Å². The molecule has 17 heavy (non-hydrogen) atoms. The fourth-order valence-corrected chi connectivity index (χ4v) is 1.29. The molecule has 0 atom stereocenters. The molecular formula is C12H22N4O. The van der Waals surface area contributed by atoms with E-state index in [2.05, 4.69) is 41.4 Å². The average Bonchev–Trinajstić information content (AvgIpc) is 2.22. The highest BCUT2D eigenvalue weighted by molar-refractivity contribution is 5.47. The van der Waals surface area contributed by atoms with Crippen LogP contribution in [-0.4, -0.2) is 34.8 Å². The van der Waals surface area contributed by atoms with Crippen molar-refractivity contribution in [3.63, 3.8) is 0 Å². The van der Waals surface area contributed by atoms with Crippen LogP contribution in [0.1, 0.15) is 26.6 Å². The Hall–Kier alpha value is -1.36. The van der Waals surface area contributed by atoms with E-state index in [1.54, 1.807) is 0 Å². The molecule has 0 aromatic carbocycles. The smallest absolute Gasteiger partial charge is 0.131 e.